The largest absolute Gasteiger partial charge is 0.494 e. The highest BCUT2D eigenvalue weighted by Gasteiger charge is 2.27. The van der Waals surface area contributed by atoms with Gasteiger partial charge in [0, 0.05) is 0 Å². The average molecular weight is 311 g/mol. The number of nitrogens with zero attached hydrogens (tertiary/aromatic N) is 1. The zero-order valence-electron chi connectivity index (χ0n) is 13.5. The summed E-state index contributed by atoms with van der Waals surface area (Å²) < 4.78 is 11.2. The molecule has 1 atom stereocenters. The zero-order chi connectivity index (χ0) is 16.2. The van der Waals surface area contributed by atoms with Crippen LogP contribution in [-0.4, -0.2) is 25.2 Å². The van der Waals surface area contributed by atoms with Crippen LogP contribution >= 0.6 is 0 Å². The van der Waals surface area contributed by atoms with E-state index in [4.69, 9.17) is 9.47 Å². The molecule has 1 aliphatic heterocycles. The first kappa shape index (κ1) is 15.4. The molecule has 3 rings (SSSR count). The first-order valence-electron chi connectivity index (χ1n) is 7.95. The van der Waals surface area contributed by atoms with Crippen molar-refractivity contribution in [2.45, 2.75) is 26.4 Å². The molecule has 1 heterocycles. The fourth-order valence-corrected chi connectivity index (χ4v) is 2.77. The number of hydrogen-bond acceptors (Lipinski definition) is 3. The van der Waals surface area contributed by atoms with Crippen LogP contribution in [0.1, 0.15) is 19.4 Å². The molecule has 2 aromatic rings. The van der Waals surface area contributed by atoms with E-state index in [1.807, 2.05) is 67.3 Å². The topological polar surface area (TPSA) is 38.8 Å². The van der Waals surface area contributed by atoms with E-state index < -0.39 is 0 Å². The summed E-state index contributed by atoms with van der Waals surface area (Å²) >= 11 is 0. The van der Waals surface area contributed by atoms with Crippen LogP contribution in [-0.2, 0) is 11.2 Å². The smallest absolute Gasteiger partial charge is 0.231 e. The molecule has 0 spiro atoms. The number of amides is 1. The van der Waals surface area contributed by atoms with Crippen molar-refractivity contribution in [3.63, 3.8) is 0 Å². The third kappa shape index (κ3) is 3.47. The quantitative estimate of drug-likeness (QED) is 0.868. The number of benzene rings is 2. The van der Waals surface area contributed by atoms with Gasteiger partial charge >= 0.3 is 0 Å². The minimum atomic E-state index is -0.00539. The molecule has 1 amide bonds. The second kappa shape index (κ2) is 6.73. The molecule has 4 heteroatoms. The molecular formula is C19H21NO3. The van der Waals surface area contributed by atoms with Crippen molar-refractivity contribution in [1.82, 2.24) is 0 Å². The molecule has 0 N–H and O–H groups in total. The Morgan fingerprint density at radius 2 is 1.96 bits per heavy atom. The van der Waals surface area contributed by atoms with Crippen molar-refractivity contribution in [3.8, 4) is 11.5 Å². The number of anilines is 1. The van der Waals surface area contributed by atoms with Crippen molar-refractivity contribution in [1.29, 1.82) is 0 Å². The third-order valence-corrected chi connectivity index (χ3v) is 3.81. The van der Waals surface area contributed by atoms with E-state index in [0.29, 0.717) is 19.6 Å². The minimum Gasteiger partial charge on any atom is -0.494 e. The predicted molar refractivity (Wildman–Crippen MR) is 90.2 cm³/mol. The molecule has 1 unspecified atom stereocenters. The second-order valence-corrected chi connectivity index (χ2v) is 5.65. The molecule has 0 fully saturated rings. The van der Waals surface area contributed by atoms with Crippen molar-refractivity contribution >= 4 is 11.6 Å². The van der Waals surface area contributed by atoms with Crippen LogP contribution in [0.15, 0.2) is 48.5 Å². The molecule has 0 saturated carbocycles. The fourth-order valence-electron chi connectivity index (χ4n) is 2.77. The lowest BCUT2D eigenvalue weighted by atomic mass is 10.1. The summed E-state index contributed by atoms with van der Waals surface area (Å²) in [5.74, 6) is 1.68. The number of ether oxygens (including phenoxy) is 2. The molecule has 0 aliphatic carbocycles. The summed E-state index contributed by atoms with van der Waals surface area (Å²) in [6, 6.07) is 15.4. The first-order valence-corrected chi connectivity index (χ1v) is 7.95. The molecule has 4 nitrogen and oxygen atoms in total. The maximum absolute atomic E-state index is 12.7. The first-order chi connectivity index (χ1) is 11.2. The van der Waals surface area contributed by atoms with Gasteiger partial charge in [-0.3, -0.25) is 4.79 Å². The van der Waals surface area contributed by atoms with Crippen molar-refractivity contribution < 1.29 is 14.3 Å². The van der Waals surface area contributed by atoms with Crippen LogP contribution in [0.5, 0.6) is 11.5 Å². The van der Waals surface area contributed by atoms with E-state index in [1.54, 1.807) is 0 Å². The van der Waals surface area contributed by atoms with E-state index >= 15 is 0 Å². The molecule has 0 bridgehead atoms. The van der Waals surface area contributed by atoms with Crippen LogP contribution < -0.4 is 14.4 Å². The van der Waals surface area contributed by atoms with E-state index in [2.05, 4.69) is 0 Å². The van der Waals surface area contributed by atoms with Gasteiger partial charge in [-0.25, -0.2) is 0 Å². The van der Waals surface area contributed by atoms with Gasteiger partial charge in [0.15, 0.2) is 0 Å². The third-order valence-electron chi connectivity index (χ3n) is 3.81. The average Bonchev–Trinajstić information content (AvgIpc) is 2.56. The lowest BCUT2D eigenvalue weighted by Crippen LogP contribution is -2.43. The van der Waals surface area contributed by atoms with Crippen LogP contribution in [0, 0.1) is 0 Å². The van der Waals surface area contributed by atoms with Gasteiger partial charge in [0.2, 0.25) is 5.91 Å². The number of hydrogen-bond donors (Lipinski definition) is 0. The lowest BCUT2D eigenvalue weighted by Gasteiger charge is -2.33. The maximum Gasteiger partial charge on any atom is 0.231 e. The number of rotatable bonds is 4. The lowest BCUT2D eigenvalue weighted by molar-refractivity contribution is -0.118. The minimum absolute atomic E-state index is 0.00539. The van der Waals surface area contributed by atoms with Gasteiger partial charge in [0.25, 0.3) is 0 Å². The predicted octanol–water partition coefficient (Wildman–Crippen LogP) is 3.44. The van der Waals surface area contributed by atoms with Crippen LogP contribution in [0.3, 0.4) is 0 Å². The van der Waals surface area contributed by atoms with E-state index in [1.165, 1.54) is 0 Å². The summed E-state index contributed by atoms with van der Waals surface area (Å²) in [5.41, 5.74) is 1.83. The molecule has 0 aromatic heterocycles. The van der Waals surface area contributed by atoms with Gasteiger partial charge in [0.05, 0.1) is 25.3 Å². The fraction of sp³-hybridized carbons (Fsp3) is 0.316. The van der Waals surface area contributed by atoms with Gasteiger partial charge in [-0.1, -0.05) is 24.3 Å². The highest BCUT2D eigenvalue weighted by molar-refractivity contribution is 5.96. The molecule has 1 aliphatic rings. The maximum atomic E-state index is 12.7. The molecule has 23 heavy (non-hydrogen) atoms. The Labute approximate surface area is 136 Å². The van der Waals surface area contributed by atoms with Crippen LogP contribution in [0.4, 0.5) is 5.69 Å². The molecule has 0 radical (unpaired) electrons. The molecule has 2 aromatic carbocycles. The highest BCUT2D eigenvalue weighted by Crippen LogP contribution is 2.33. The summed E-state index contributed by atoms with van der Waals surface area (Å²) in [5, 5.41) is 0. The van der Waals surface area contributed by atoms with Crippen LogP contribution in [0.2, 0.25) is 0 Å². The second-order valence-electron chi connectivity index (χ2n) is 5.65. The van der Waals surface area contributed by atoms with Gasteiger partial charge < -0.3 is 14.4 Å². The Kier molecular flexibility index (Phi) is 4.51. The SMILES string of the molecule is CCOc1ccc(CC(=O)N2CC(C)Oc3ccccc32)cc1. The normalized spacial score (nSPS) is 16.4. The Hall–Kier alpha value is -2.49. The van der Waals surface area contributed by atoms with E-state index in [9.17, 15) is 4.79 Å². The number of carbonyl (C=O) groups is 1. The standard InChI is InChI=1S/C19H21NO3/c1-3-22-16-10-8-15(9-11-16)12-19(21)20-13-14(2)23-18-7-5-4-6-17(18)20/h4-11,14H,3,12-13H2,1-2H3. The van der Waals surface area contributed by atoms with Crippen molar-refractivity contribution in [2.75, 3.05) is 18.1 Å². The van der Waals surface area contributed by atoms with Crippen molar-refractivity contribution in [3.05, 3.63) is 54.1 Å². The number of carbonyl (C=O) groups excluding carboxylic acids is 1. The van der Waals surface area contributed by atoms with E-state index in [-0.39, 0.29) is 12.0 Å². The highest BCUT2D eigenvalue weighted by atomic mass is 16.5. The van der Waals surface area contributed by atoms with Crippen molar-refractivity contribution in [2.24, 2.45) is 0 Å². The summed E-state index contributed by atoms with van der Waals surface area (Å²) in [6.07, 6.45) is 0.363. The van der Waals surface area contributed by atoms with Gasteiger partial charge in [-0.15, -0.1) is 0 Å². The Morgan fingerprint density at radius 1 is 1.22 bits per heavy atom. The molecule has 0 saturated heterocycles. The number of fused-ring (bicyclic) bond motifs is 1. The van der Waals surface area contributed by atoms with Gasteiger partial charge in [0.1, 0.15) is 17.6 Å². The van der Waals surface area contributed by atoms with E-state index in [0.717, 1.165) is 22.7 Å². The molecular weight excluding hydrogens is 290 g/mol. The van der Waals surface area contributed by atoms with Gasteiger partial charge in [-0.05, 0) is 43.7 Å². The Bertz CT molecular complexity index is 681. The Morgan fingerprint density at radius 3 is 2.70 bits per heavy atom. The number of para-hydroxylation sites is 2. The van der Waals surface area contributed by atoms with Gasteiger partial charge in [-0.2, -0.15) is 0 Å². The van der Waals surface area contributed by atoms with Crippen LogP contribution in [0.25, 0.3) is 0 Å². The Balaban J connectivity index is 1.75. The molecule has 120 valence electrons. The monoisotopic (exact) mass is 311 g/mol. The summed E-state index contributed by atoms with van der Waals surface area (Å²) in [4.78, 5) is 14.5. The summed E-state index contributed by atoms with van der Waals surface area (Å²) in [7, 11) is 0. The summed E-state index contributed by atoms with van der Waals surface area (Å²) in [6.45, 7) is 5.15. The zero-order valence-corrected chi connectivity index (χ0v) is 13.5.